The van der Waals surface area contributed by atoms with E-state index in [1.165, 1.54) is 25.3 Å². The summed E-state index contributed by atoms with van der Waals surface area (Å²) in [5.74, 6) is -0.874. The number of hydrogen-bond acceptors (Lipinski definition) is 2. The van der Waals surface area contributed by atoms with Gasteiger partial charge in [0.05, 0.1) is 0 Å². The molecule has 0 amide bonds. The summed E-state index contributed by atoms with van der Waals surface area (Å²) in [6.07, 6.45) is 3.63. The van der Waals surface area contributed by atoms with Crippen LogP contribution in [0.25, 0.3) is 0 Å². The fourth-order valence-corrected chi connectivity index (χ4v) is 2.63. The first-order valence-corrected chi connectivity index (χ1v) is 6.99. The monoisotopic (exact) mass is 268 g/mol. The molecule has 19 heavy (non-hydrogen) atoms. The highest BCUT2D eigenvalue weighted by Crippen LogP contribution is 2.20. The van der Waals surface area contributed by atoms with Crippen molar-refractivity contribution in [2.24, 2.45) is 11.7 Å². The molecule has 2 atom stereocenters. The van der Waals surface area contributed by atoms with Crippen molar-refractivity contribution in [3.8, 4) is 0 Å². The molecule has 2 unspecified atom stereocenters. The highest BCUT2D eigenvalue weighted by atomic mass is 19.2. The number of benzene rings is 1. The normalized spacial score (nSPS) is 23.1. The third-order valence-electron chi connectivity index (χ3n) is 3.94. The molecule has 1 aromatic carbocycles. The number of hydrogen-bond donors (Lipinski definition) is 1. The summed E-state index contributed by atoms with van der Waals surface area (Å²) >= 11 is 0. The van der Waals surface area contributed by atoms with Crippen molar-refractivity contribution < 1.29 is 8.78 Å². The smallest absolute Gasteiger partial charge is 0.159 e. The van der Waals surface area contributed by atoms with Crippen LogP contribution in [0.1, 0.15) is 37.8 Å². The molecule has 4 heteroatoms. The molecule has 2 N–H and O–H groups in total. The van der Waals surface area contributed by atoms with E-state index in [9.17, 15) is 8.78 Å². The fraction of sp³-hybridized carbons (Fsp3) is 0.600. The molecular weight excluding hydrogens is 246 g/mol. The van der Waals surface area contributed by atoms with Crippen molar-refractivity contribution in [1.82, 2.24) is 4.90 Å². The first-order chi connectivity index (χ1) is 9.06. The third-order valence-corrected chi connectivity index (χ3v) is 3.94. The minimum atomic E-state index is -0.822. The zero-order valence-electron chi connectivity index (χ0n) is 11.4. The van der Waals surface area contributed by atoms with E-state index in [2.05, 4.69) is 11.8 Å². The van der Waals surface area contributed by atoms with Gasteiger partial charge in [-0.25, -0.2) is 8.78 Å². The van der Waals surface area contributed by atoms with E-state index in [4.69, 9.17) is 5.73 Å². The second-order valence-electron chi connectivity index (χ2n) is 5.62. The van der Waals surface area contributed by atoms with Gasteiger partial charge in [0, 0.05) is 12.6 Å². The number of nitrogens with two attached hydrogens (primary N) is 1. The molecule has 0 spiro atoms. The first kappa shape index (κ1) is 14.4. The SMILES string of the molecule is CC1CCCN(CC(N)c2ccc(F)c(F)c2)CC1. The zero-order valence-corrected chi connectivity index (χ0v) is 11.4. The van der Waals surface area contributed by atoms with Crippen molar-refractivity contribution in [3.05, 3.63) is 35.4 Å². The van der Waals surface area contributed by atoms with Crippen LogP contribution in [0.3, 0.4) is 0 Å². The summed E-state index contributed by atoms with van der Waals surface area (Å²) < 4.78 is 26.1. The lowest BCUT2D eigenvalue weighted by Gasteiger charge is -2.24. The van der Waals surface area contributed by atoms with E-state index in [1.807, 2.05) is 0 Å². The van der Waals surface area contributed by atoms with Gasteiger partial charge in [-0.3, -0.25) is 0 Å². The van der Waals surface area contributed by atoms with Crippen LogP contribution in [0.15, 0.2) is 18.2 Å². The van der Waals surface area contributed by atoms with Gasteiger partial charge in [-0.05, 0) is 56.0 Å². The molecule has 1 saturated heterocycles. The molecule has 0 radical (unpaired) electrons. The van der Waals surface area contributed by atoms with E-state index < -0.39 is 11.6 Å². The molecule has 0 bridgehead atoms. The van der Waals surface area contributed by atoms with Crippen molar-refractivity contribution in [3.63, 3.8) is 0 Å². The maximum absolute atomic E-state index is 13.2. The highest BCUT2D eigenvalue weighted by Gasteiger charge is 2.17. The summed E-state index contributed by atoms with van der Waals surface area (Å²) in [5.41, 5.74) is 6.76. The minimum absolute atomic E-state index is 0.261. The lowest BCUT2D eigenvalue weighted by Crippen LogP contribution is -2.33. The molecule has 0 aromatic heterocycles. The maximum atomic E-state index is 13.2. The molecule has 1 aromatic rings. The molecule has 106 valence electrons. The fourth-order valence-electron chi connectivity index (χ4n) is 2.63. The molecule has 0 saturated carbocycles. The Hall–Kier alpha value is -1.00. The number of likely N-dealkylation sites (tertiary alicyclic amines) is 1. The molecular formula is C15H22F2N2. The molecule has 2 rings (SSSR count). The lowest BCUT2D eigenvalue weighted by molar-refractivity contribution is 0.264. The predicted octanol–water partition coefficient (Wildman–Crippen LogP) is 3.09. The van der Waals surface area contributed by atoms with Crippen molar-refractivity contribution >= 4 is 0 Å². The Balaban J connectivity index is 1.96. The second-order valence-corrected chi connectivity index (χ2v) is 5.62. The van der Waals surface area contributed by atoms with Gasteiger partial charge in [0.1, 0.15) is 0 Å². The summed E-state index contributed by atoms with van der Waals surface area (Å²) in [6, 6.07) is 3.67. The molecule has 2 nitrogen and oxygen atoms in total. The highest BCUT2D eigenvalue weighted by molar-refractivity contribution is 5.21. The summed E-state index contributed by atoms with van der Waals surface area (Å²) in [5, 5.41) is 0. The topological polar surface area (TPSA) is 29.3 Å². The van der Waals surface area contributed by atoms with E-state index >= 15 is 0 Å². The molecule has 0 aliphatic carbocycles. The summed E-state index contributed by atoms with van der Waals surface area (Å²) in [4.78, 5) is 2.33. The van der Waals surface area contributed by atoms with Gasteiger partial charge in [0.25, 0.3) is 0 Å². The number of rotatable bonds is 3. The molecule has 1 heterocycles. The van der Waals surface area contributed by atoms with E-state index in [1.54, 1.807) is 6.07 Å². The summed E-state index contributed by atoms with van der Waals surface area (Å²) in [6.45, 7) is 5.07. The zero-order chi connectivity index (χ0) is 13.8. The Bertz CT molecular complexity index is 423. The van der Waals surface area contributed by atoms with Gasteiger partial charge < -0.3 is 10.6 Å². The van der Waals surface area contributed by atoms with Crippen molar-refractivity contribution in [2.75, 3.05) is 19.6 Å². The van der Waals surface area contributed by atoms with Crippen LogP contribution in [0.2, 0.25) is 0 Å². The Morgan fingerprint density at radius 2 is 2.05 bits per heavy atom. The largest absolute Gasteiger partial charge is 0.323 e. The molecule has 1 aliphatic rings. The minimum Gasteiger partial charge on any atom is -0.323 e. The Morgan fingerprint density at radius 1 is 1.26 bits per heavy atom. The standard InChI is InChI=1S/C15H22F2N2/c1-11-3-2-7-19(8-6-11)10-15(18)12-4-5-13(16)14(17)9-12/h4-5,9,11,15H,2-3,6-8,10,18H2,1H3. The Morgan fingerprint density at radius 3 is 2.79 bits per heavy atom. The molecule has 1 fully saturated rings. The van der Waals surface area contributed by atoms with Gasteiger partial charge in [0.2, 0.25) is 0 Å². The summed E-state index contributed by atoms with van der Waals surface area (Å²) in [7, 11) is 0. The maximum Gasteiger partial charge on any atom is 0.159 e. The molecule has 1 aliphatic heterocycles. The van der Waals surface area contributed by atoms with Crippen LogP contribution < -0.4 is 5.73 Å². The first-order valence-electron chi connectivity index (χ1n) is 6.99. The van der Waals surface area contributed by atoms with Gasteiger partial charge in [-0.2, -0.15) is 0 Å². The van der Waals surface area contributed by atoms with Crippen LogP contribution in [0.4, 0.5) is 8.78 Å². The Kier molecular flexibility index (Phi) is 4.88. The van der Waals surface area contributed by atoms with E-state index in [0.717, 1.165) is 25.1 Å². The third kappa shape index (κ3) is 3.98. The van der Waals surface area contributed by atoms with Crippen molar-refractivity contribution in [1.29, 1.82) is 0 Å². The quantitative estimate of drug-likeness (QED) is 0.912. The van der Waals surface area contributed by atoms with Crippen LogP contribution in [0, 0.1) is 17.6 Å². The van der Waals surface area contributed by atoms with E-state index in [0.29, 0.717) is 12.1 Å². The van der Waals surface area contributed by atoms with Gasteiger partial charge in [0.15, 0.2) is 11.6 Å². The van der Waals surface area contributed by atoms with E-state index in [-0.39, 0.29) is 6.04 Å². The van der Waals surface area contributed by atoms with Gasteiger partial charge in [-0.15, -0.1) is 0 Å². The Labute approximate surface area is 113 Å². The van der Waals surface area contributed by atoms with Crippen LogP contribution in [-0.2, 0) is 0 Å². The predicted molar refractivity (Wildman–Crippen MR) is 72.7 cm³/mol. The number of nitrogens with zero attached hydrogens (tertiary/aromatic N) is 1. The van der Waals surface area contributed by atoms with Gasteiger partial charge in [-0.1, -0.05) is 13.0 Å². The number of halogens is 2. The van der Waals surface area contributed by atoms with Crippen LogP contribution >= 0.6 is 0 Å². The van der Waals surface area contributed by atoms with Crippen LogP contribution in [-0.4, -0.2) is 24.5 Å². The second kappa shape index (κ2) is 6.44. The van der Waals surface area contributed by atoms with Crippen molar-refractivity contribution in [2.45, 2.75) is 32.2 Å². The van der Waals surface area contributed by atoms with Crippen LogP contribution in [0.5, 0.6) is 0 Å². The average Bonchev–Trinajstić information content (AvgIpc) is 2.58. The average molecular weight is 268 g/mol. The lowest BCUT2D eigenvalue weighted by atomic mass is 10.0. The van der Waals surface area contributed by atoms with Gasteiger partial charge >= 0.3 is 0 Å².